The van der Waals surface area contributed by atoms with E-state index in [4.69, 9.17) is 9.47 Å². The van der Waals surface area contributed by atoms with Crippen molar-refractivity contribution in [1.29, 1.82) is 5.26 Å². The van der Waals surface area contributed by atoms with Crippen LogP contribution in [0.15, 0.2) is 48.0 Å². The summed E-state index contributed by atoms with van der Waals surface area (Å²) in [6.45, 7) is 1.83. The third-order valence-corrected chi connectivity index (χ3v) is 4.37. The minimum absolute atomic E-state index is 0.0220. The second-order valence-electron chi connectivity index (χ2n) is 6.42. The van der Waals surface area contributed by atoms with Crippen molar-refractivity contribution >= 4 is 17.8 Å². The van der Waals surface area contributed by atoms with E-state index >= 15 is 0 Å². The predicted octanol–water partition coefficient (Wildman–Crippen LogP) is 4.11. The monoisotopic (exact) mass is 361 g/mol. The Morgan fingerprint density at radius 1 is 1.15 bits per heavy atom. The molecule has 0 N–H and O–H groups in total. The number of carbonyl (C=O) groups is 2. The Morgan fingerprint density at radius 3 is 2.52 bits per heavy atom. The largest absolute Gasteiger partial charge is 0.493 e. The van der Waals surface area contributed by atoms with E-state index in [2.05, 4.69) is 0 Å². The second kappa shape index (κ2) is 7.88. The summed E-state index contributed by atoms with van der Waals surface area (Å²) in [6.07, 6.45) is 3.22. The van der Waals surface area contributed by atoms with E-state index in [9.17, 15) is 14.9 Å². The van der Waals surface area contributed by atoms with Crippen molar-refractivity contribution in [2.75, 3.05) is 7.11 Å². The van der Waals surface area contributed by atoms with Crippen molar-refractivity contribution in [2.45, 2.75) is 19.8 Å². The number of ketones is 1. The van der Waals surface area contributed by atoms with Gasteiger partial charge in [-0.2, -0.15) is 5.26 Å². The van der Waals surface area contributed by atoms with E-state index in [1.54, 1.807) is 30.3 Å². The van der Waals surface area contributed by atoms with Crippen molar-refractivity contribution in [3.8, 4) is 17.6 Å². The number of benzene rings is 2. The summed E-state index contributed by atoms with van der Waals surface area (Å²) >= 11 is 0. The van der Waals surface area contributed by atoms with Crippen molar-refractivity contribution in [3.05, 3.63) is 64.7 Å². The third-order valence-electron chi connectivity index (χ3n) is 4.37. The third kappa shape index (κ3) is 4.24. The summed E-state index contributed by atoms with van der Waals surface area (Å²) in [6, 6.07) is 14.0. The average Bonchev–Trinajstić information content (AvgIpc) is 3.52. The standard InChI is InChI=1S/C22H19NO4/c1-14-5-3-4-6-18(14)21(24)17(13-23)11-15-7-10-19(20(12-15)26-2)27-22(25)16-8-9-16/h3-7,10-12,16H,8-9H2,1-2H3/b17-11+. The summed E-state index contributed by atoms with van der Waals surface area (Å²) in [5, 5.41) is 9.44. The van der Waals surface area contributed by atoms with E-state index in [1.165, 1.54) is 13.2 Å². The molecule has 5 nitrogen and oxygen atoms in total. The van der Waals surface area contributed by atoms with E-state index in [1.807, 2.05) is 25.1 Å². The molecule has 2 aromatic rings. The molecule has 1 aliphatic rings. The van der Waals surface area contributed by atoms with E-state index in [-0.39, 0.29) is 23.2 Å². The highest BCUT2D eigenvalue weighted by molar-refractivity contribution is 6.14. The number of methoxy groups -OCH3 is 1. The number of esters is 1. The van der Waals surface area contributed by atoms with Crippen LogP contribution < -0.4 is 9.47 Å². The Hall–Kier alpha value is -3.39. The molecule has 0 saturated heterocycles. The molecule has 2 aromatic carbocycles. The van der Waals surface area contributed by atoms with Gasteiger partial charge in [0.25, 0.3) is 0 Å². The Bertz CT molecular complexity index is 965. The topological polar surface area (TPSA) is 76.4 Å². The van der Waals surface area contributed by atoms with Crippen molar-refractivity contribution < 1.29 is 19.1 Å². The molecule has 1 aliphatic carbocycles. The minimum atomic E-state index is -0.334. The number of Topliss-reactive ketones (excluding diaryl/α,β-unsaturated/α-hetero) is 1. The number of carbonyl (C=O) groups excluding carboxylic acids is 2. The zero-order valence-corrected chi connectivity index (χ0v) is 15.2. The maximum atomic E-state index is 12.7. The van der Waals surface area contributed by atoms with Gasteiger partial charge in [0.15, 0.2) is 11.5 Å². The fourth-order valence-electron chi connectivity index (χ4n) is 2.66. The average molecular weight is 361 g/mol. The van der Waals surface area contributed by atoms with Crippen LogP contribution in [0.2, 0.25) is 0 Å². The van der Waals surface area contributed by atoms with Gasteiger partial charge < -0.3 is 9.47 Å². The maximum Gasteiger partial charge on any atom is 0.314 e. The van der Waals surface area contributed by atoms with E-state index in [0.717, 1.165) is 18.4 Å². The molecule has 0 aromatic heterocycles. The van der Waals surface area contributed by atoms with Crippen LogP contribution >= 0.6 is 0 Å². The molecular weight excluding hydrogens is 342 g/mol. The van der Waals surface area contributed by atoms with Crippen LogP contribution in [0.5, 0.6) is 11.5 Å². The van der Waals surface area contributed by atoms with Gasteiger partial charge in [0.1, 0.15) is 11.6 Å². The first-order valence-electron chi connectivity index (χ1n) is 8.65. The van der Waals surface area contributed by atoms with Crippen LogP contribution in [-0.2, 0) is 4.79 Å². The normalized spacial score (nSPS) is 13.6. The van der Waals surface area contributed by atoms with Gasteiger partial charge >= 0.3 is 5.97 Å². The quantitative estimate of drug-likeness (QED) is 0.254. The summed E-state index contributed by atoms with van der Waals surface area (Å²) in [7, 11) is 1.47. The van der Waals surface area contributed by atoms with Crippen LogP contribution in [0.1, 0.15) is 34.3 Å². The molecule has 0 bridgehead atoms. The molecule has 0 radical (unpaired) electrons. The van der Waals surface area contributed by atoms with Crippen molar-refractivity contribution in [2.24, 2.45) is 5.92 Å². The summed E-state index contributed by atoms with van der Waals surface area (Å²) in [4.78, 5) is 24.5. The number of hydrogen-bond donors (Lipinski definition) is 0. The molecule has 3 rings (SSSR count). The predicted molar refractivity (Wildman–Crippen MR) is 100 cm³/mol. The van der Waals surface area contributed by atoms with Gasteiger partial charge in [-0.3, -0.25) is 9.59 Å². The highest BCUT2D eigenvalue weighted by Gasteiger charge is 2.32. The molecule has 0 spiro atoms. The number of allylic oxidation sites excluding steroid dienone is 1. The lowest BCUT2D eigenvalue weighted by atomic mass is 9.98. The number of aryl methyl sites for hydroxylation is 1. The SMILES string of the molecule is COc1cc(/C=C(\C#N)C(=O)c2ccccc2C)ccc1OC(=O)C1CC1. The molecule has 27 heavy (non-hydrogen) atoms. The molecule has 0 unspecified atom stereocenters. The number of rotatable bonds is 6. The lowest BCUT2D eigenvalue weighted by Gasteiger charge is -2.10. The highest BCUT2D eigenvalue weighted by atomic mass is 16.6. The Labute approximate surface area is 157 Å². The zero-order valence-electron chi connectivity index (χ0n) is 15.2. The van der Waals surface area contributed by atoms with Crippen LogP contribution in [0.4, 0.5) is 0 Å². The molecule has 1 saturated carbocycles. The van der Waals surface area contributed by atoms with Gasteiger partial charge in [-0.15, -0.1) is 0 Å². The van der Waals surface area contributed by atoms with E-state index < -0.39 is 0 Å². The van der Waals surface area contributed by atoms with Crippen molar-refractivity contribution in [3.63, 3.8) is 0 Å². The first kappa shape index (κ1) is 18.4. The Balaban J connectivity index is 1.88. The van der Waals surface area contributed by atoms with Gasteiger partial charge in [-0.25, -0.2) is 0 Å². The fourth-order valence-corrected chi connectivity index (χ4v) is 2.66. The molecule has 0 amide bonds. The first-order valence-corrected chi connectivity index (χ1v) is 8.65. The smallest absolute Gasteiger partial charge is 0.314 e. The summed E-state index contributed by atoms with van der Waals surface area (Å²) < 4.78 is 10.7. The molecule has 0 aliphatic heterocycles. The lowest BCUT2D eigenvalue weighted by molar-refractivity contribution is -0.135. The van der Waals surface area contributed by atoms with Gasteiger partial charge in [0, 0.05) is 5.56 Å². The first-order chi connectivity index (χ1) is 13.0. The van der Waals surface area contributed by atoms with Crippen LogP contribution in [0.3, 0.4) is 0 Å². The molecule has 136 valence electrons. The highest BCUT2D eigenvalue weighted by Crippen LogP contribution is 2.34. The Morgan fingerprint density at radius 2 is 1.89 bits per heavy atom. The van der Waals surface area contributed by atoms with Crippen LogP contribution in [-0.4, -0.2) is 18.9 Å². The fraction of sp³-hybridized carbons (Fsp3) is 0.227. The van der Waals surface area contributed by atoms with Gasteiger partial charge in [0.2, 0.25) is 5.78 Å². The number of hydrogen-bond acceptors (Lipinski definition) is 5. The van der Waals surface area contributed by atoms with Gasteiger partial charge in [-0.1, -0.05) is 30.3 Å². The van der Waals surface area contributed by atoms with Gasteiger partial charge in [-0.05, 0) is 49.1 Å². The number of nitrogens with zero attached hydrogens (tertiary/aromatic N) is 1. The maximum absolute atomic E-state index is 12.7. The molecule has 0 heterocycles. The summed E-state index contributed by atoms with van der Waals surface area (Å²) in [5.74, 6) is 0.0858. The Kier molecular flexibility index (Phi) is 5.37. The van der Waals surface area contributed by atoms with Crippen LogP contribution in [0.25, 0.3) is 6.08 Å². The number of ether oxygens (including phenoxy) is 2. The second-order valence-corrected chi connectivity index (χ2v) is 6.42. The summed E-state index contributed by atoms with van der Waals surface area (Å²) in [5.41, 5.74) is 1.93. The van der Waals surface area contributed by atoms with Crippen molar-refractivity contribution in [1.82, 2.24) is 0 Å². The van der Waals surface area contributed by atoms with Gasteiger partial charge in [0.05, 0.1) is 13.0 Å². The molecule has 1 fully saturated rings. The molecule has 5 heteroatoms. The lowest BCUT2D eigenvalue weighted by Crippen LogP contribution is -2.10. The van der Waals surface area contributed by atoms with E-state index in [0.29, 0.717) is 22.6 Å². The zero-order chi connectivity index (χ0) is 19.4. The van der Waals surface area contributed by atoms with Crippen LogP contribution in [0, 0.1) is 24.2 Å². The number of nitriles is 1. The minimum Gasteiger partial charge on any atom is -0.493 e. The molecular formula is C22H19NO4. The molecule has 0 atom stereocenters.